The number of rotatable bonds is 5. The molecule has 6 heteroatoms. The smallest absolute Gasteiger partial charge is 0.253 e. The van der Waals surface area contributed by atoms with Gasteiger partial charge in [-0.1, -0.05) is 23.7 Å². The number of carbonyl (C=O) groups excluding carboxylic acids is 1. The van der Waals surface area contributed by atoms with E-state index in [1.165, 1.54) is 0 Å². The maximum atomic E-state index is 12.7. The molecule has 0 aromatic heterocycles. The van der Waals surface area contributed by atoms with E-state index in [1.54, 1.807) is 18.2 Å². The lowest BCUT2D eigenvalue weighted by atomic mass is 9.97. The van der Waals surface area contributed by atoms with E-state index in [2.05, 4.69) is 0 Å². The molecule has 0 bridgehead atoms. The molecule has 2 aliphatic heterocycles. The zero-order valence-corrected chi connectivity index (χ0v) is 15.8. The Bertz CT molecular complexity index is 800. The first-order chi connectivity index (χ1) is 13.2. The normalized spacial score (nSPS) is 16.6. The molecule has 27 heavy (non-hydrogen) atoms. The number of fused-ring (bicyclic) bond motifs is 1. The molecule has 2 aromatic carbocycles. The average molecular weight is 388 g/mol. The lowest BCUT2D eigenvalue weighted by Crippen LogP contribution is -2.39. The number of benzene rings is 2. The van der Waals surface area contributed by atoms with Crippen molar-refractivity contribution < 1.29 is 19.0 Å². The van der Waals surface area contributed by atoms with Crippen LogP contribution in [-0.2, 0) is 11.3 Å². The summed E-state index contributed by atoms with van der Waals surface area (Å²) in [5.41, 5.74) is 1.77. The molecule has 0 atom stereocenters. The molecule has 142 valence electrons. The van der Waals surface area contributed by atoms with E-state index in [0.29, 0.717) is 36.2 Å². The Labute approximate surface area is 163 Å². The zero-order chi connectivity index (χ0) is 18.6. The summed E-state index contributed by atoms with van der Waals surface area (Å²) >= 11 is 5.89. The van der Waals surface area contributed by atoms with E-state index in [9.17, 15) is 4.79 Å². The second-order valence-corrected chi connectivity index (χ2v) is 7.38. The van der Waals surface area contributed by atoms with Crippen LogP contribution < -0.4 is 9.47 Å². The highest BCUT2D eigenvalue weighted by molar-refractivity contribution is 6.30. The van der Waals surface area contributed by atoms with Crippen LogP contribution in [0.25, 0.3) is 0 Å². The van der Waals surface area contributed by atoms with Crippen LogP contribution in [-0.4, -0.2) is 37.3 Å². The number of hydrogen-bond acceptors (Lipinski definition) is 4. The van der Waals surface area contributed by atoms with E-state index in [1.807, 2.05) is 29.2 Å². The molecular formula is C21H22ClNO4. The maximum Gasteiger partial charge on any atom is 0.253 e. The summed E-state index contributed by atoms with van der Waals surface area (Å²) in [5.74, 6) is 1.88. The van der Waals surface area contributed by atoms with Gasteiger partial charge in [-0.05, 0) is 54.7 Å². The van der Waals surface area contributed by atoms with E-state index in [4.69, 9.17) is 25.8 Å². The SMILES string of the molecule is O=C(c1ccc2c(c1)OCO2)N1CCC(COCc2ccc(Cl)cc2)CC1. The fourth-order valence-corrected chi connectivity index (χ4v) is 3.56. The summed E-state index contributed by atoms with van der Waals surface area (Å²) in [4.78, 5) is 14.6. The second kappa shape index (κ2) is 8.19. The predicted octanol–water partition coefficient (Wildman–Crippen LogP) is 4.14. The molecule has 0 saturated carbocycles. The number of likely N-dealkylation sites (tertiary alicyclic amines) is 1. The zero-order valence-electron chi connectivity index (χ0n) is 15.0. The Hall–Kier alpha value is -2.24. The van der Waals surface area contributed by atoms with Crippen LogP contribution in [0.5, 0.6) is 11.5 Å². The van der Waals surface area contributed by atoms with Crippen LogP contribution in [0.3, 0.4) is 0 Å². The van der Waals surface area contributed by atoms with Crippen molar-refractivity contribution in [3.63, 3.8) is 0 Å². The maximum absolute atomic E-state index is 12.7. The van der Waals surface area contributed by atoms with Crippen LogP contribution in [0.1, 0.15) is 28.8 Å². The van der Waals surface area contributed by atoms with Crippen LogP contribution in [0.15, 0.2) is 42.5 Å². The van der Waals surface area contributed by atoms with Crippen molar-refractivity contribution >= 4 is 17.5 Å². The van der Waals surface area contributed by atoms with Crippen LogP contribution in [0.4, 0.5) is 0 Å². The van der Waals surface area contributed by atoms with Crippen molar-refractivity contribution in [1.82, 2.24) is 4.90 Å². The molecule has 2 aromatic rings. The van der Waals surface area contributed by atoms with Gasteiger partial charge in [-0.15, -0.1) is 0 Å². The number of amides is 1. The summed E-state index contributed by atoms with van der Waals surface area (Å²) in [7, 11) is 0. The predicted molar refractivity (Wildman–Crippen MR) is 102 cm³/mol. The van der Waals surface area contributed by atoms with Crippen molar-refractivity contribution in [1.29, 1.82) is 0 Å². The highest BCUT2D eigenvalue weighted by atomic mass is 35.5. The minimum Gasteiger partial charge on any atom is -0.454 e. The minimum absolute atomic E-state index is 0.0498. The van der Waals surface area contributed by atoms with E-state index < -0.39 is 0 Å². The molecule has 0 unspecified atom stereocenters. The quantitative estimate of drug-likeness (QED) is 0.773. The molecule has 2 heterocycles. The van der Waals surface area contributed by atoms with Crippen molar-refractivity contribution in [3.05, 3.63) is 58.6 Å². The molecule has 5 nitrogen and oxygen atoms in total. The van der Waals surface area contributed by atoms with Gasteiger partial charge >= 0.3 is 0 Å². The summed E-state index contributed by atoms with van der Waals surface area (Å²) in [5, 5.41) is 0.734. The number of piperidine rings is 1. The van der Waals surface area contributed by atoms with Gasteiger partial charge in [0.05, 0.1) is 6.61 Å². The molecule has 1 amide bonds. The van der Waals surface area contributed by atoms with E-state index in [-0.39, 0.29) is 12.7 Å². The van der Waals surface area contributed by atoms with Gasteiger partial charge in [-0.2, -0.15) is 0 Å². The third kappa shape index (κ3) is 4.37. The van der Waals surface area contributed by atoms with Crippen molar-refractivity contribution in [3.8, 4) is 11.5 Å². The number of halogens is 1. The first-order valence-electron chi connectivity index (χ1n) is 9.20. The first-order valence-corrected chi connectivity index (χ1v) is 9.58. The van der Waals surface area contributed by atoms with Gasteiger partial charge in [0.1, 0.15) is 0 Å². The van der Waals surface area contributed by atoms with Crippen molar-refractivity contribution in [2.24, 2.45) is 5.92 Å². The molecule has 0 N–H and O–H groups in total. The van der Waals surface area contributed by atoms with Crippen molar-refractivity contribution in [2.45, 2.75) is 19.4 Å². The summed E-state index contributed by atoms with van der Waals surface area (Å²) in [6.07, 6.45) is 1.91. The lowest BCUT2D eigenvalue weighted by Gasteiger charge is -2.32. The molecule has 1 fully saturated rings. The fourth-order valence-electron chi connectivity index (χ4n) is 3.44. The highest BCUT2D eigenvalue weighted by Gasteiger charge is 2.25. The molecule has 1 saturated heterocycles. The number of hydrogen-bond donors (Lipinski definition) is 0. The Morgan fingerprint density at radius 2 is 1.81 bits per heavy atom. The van der Waals surface area contributed by atoms with Gasteiger partial charge in [0.15, 0.2) is 11.5 Å². The Balaban J connectivity index is 1.23. The third-order valence-electron chi connectivity index (χ3n) is 5.06. The van der Waals surface area contributed by atoms with Gasteiger partial charge in [-0.25, -0.2) is 0 Å². The van der Waals surface area contributed by atoms with Gasteiger partial charge < -0.3 is 19.1 Å². The van der Waals surface area contributed by atoms with E-state index >= 15 is 0 Å². The summed E-state index contributed by atoms with van der Waals surface area (Å²) < 4.78 is 16.5. The number of carbonyl (C=O) groups is 1. The van der Waals surface area contributed by atoms with Gasteiger partial charge in [-0.3, -0.25) is 4.79 Å². The standard InChI is InChI=1S/C21H22ClNO4/c22-18-4-1-15(2-5-18)12-25-13-16-7-9-23(10-8-16)21(24)17-3-6-19-20(11-17)27-14-26-19/h1-6,11,16H,7-10,12-14H2. The van der Waals surface area contributed by atoms with Gasteiger partial charge in [0.25, 0.3) is 5.91 Å². The Morgan fingerprint density at radius 3 is 2.59 bits per heavy atom. The van der Waals surface area contributed by atoms with Crippen LogP contribution in [0.2, 0.25) is 5.02 Å². The number of ether oxygens (including phenoxy) is 3. The fraction of sp³-hybridized carbons (Fsp3) is 0.381. The highest BCUT2D eigenvalue weighted by Crippen LogP contribution is 2.33. The average Bonchev–Trinajstić information content (AvgIpc) is 3.17. The third-order valence-corrected chi connectivity index (χ3v) is 5.31. The molecular weight excluding hydrogens is 366 g/mol. The molecule has 0 aliphatic carbocycles. The van der Waals surface area contributed by atoms with Crippen LogP contribution >= 0.6 is 11.6 Å². The van der Waals surface area contributed by atoms with Gasteiger partial charge in [0.2, 0.25) is 6.79 Å². The second-order valence-electron chi connectivity index (χ2n) is 6.95. The van der Waals surface area contributed by atoms with E-state index in [0.717, 1.165) is 36.5 Å². The van der Waals surface area contributed by atoms with Crippen LogP contribution in [0, 0.1) is 5.92 Å². The molecule has 0 radical (unpaired) electrons. The van der Waals surface area contributed by atoms with Crippen molar-refractivity contribution in [2.75, 3.05) is 26.5 Å². The first kappa shape index (κ1) is 18.1. The topological polar surface area (TPSA) is 48.0 Å². The van der Waals surface area contributed by atoms with Gasteiger partial charge in [0, 0.05) is 30.3 Å². The molecule has 4 rings (SSSR count). The Kier molecular flexibility index (Phi) is 5.50. The summed E-state index contributed by atoms with van der Waals surface area (Å²) in [6.45, 7) is 3.03. The lowest BCUT2D eigenvalue weighted by molar-refractivity contribution is 0.0478. The summed E-state index contributed by atoms with van der Waals surface area (Å²) in [6, 6.07) is 13.1. The molecule has 0 spiro atoms. The Morgan fingerprint density at radius 1 is 1.07 bits per heavy atom. The monoisotopic (exact) mass is 387 g/mol. The minimum atomic E-state index is 0.0498. The molecule has 2 aliphatic rings. The largest absolute Gasteiger partial charge is 0.454 e. The number of nitrogens with zero attached hydrogens (tertiary/aromatic N) is 1.